The molecule has 0 aromatic heterocycles. The lowest BCUT2D eigenvalue weighted by Gasteiger charge is -2.35. The molecule has 1 fully saturated rings. The molecule has 0 radical (unpaired) electrons. The van der Waals surface area contributed by atoms with Crippen LogP contribution >= 0.6 is 0 Å². The second-order valence-corrected chi connectivity index (χ2v) is 3.86. The van der Waals surface area contributed by atoms with E-state index in [1.54, 1.807) is 0 Å². The van der Waals surface area contributed by atoms with E-state index in [-0.39, 0.29) is 0 Å². The predicted molar refractivity (Wildman–Crippen MR) is 57.6 cm³/mol. The average Bonchev–Trinajstić information content (AvgIpc) is 2.15. The van der Waals surface area contributed by atoms with Crippen molar-refractivity contribution < 1.29 is 4.74 Å². The van der Waals surface area contributed by atoms with Gasteiger partial charge < -0.3 is 10.1 Å². The molecule has 2 unspecified atom stereocenters. The molecule has 1 aromatic carbocycles. The van der Waals surface area contributed by atoms with E-state index in [1.165, 1.54) is 12.0 Å². The van der Waals surface area contributed by atoms with Crippen LogP contribution in [0.4, 0.5) is 0 Å². The van der Waals surface area contributed by atoms with Crippen LogP contribution in [0.1, 0.15) is 31.9 Å². The molecule has 1 aliphatic rings. The molecule has 1 N–H and O–H groups in total. The Labute approximate surface area is 85.3 Å². The van der Waals surface area contributed by atoms with Gasteiger partial charge in [0.1, 0.15) is 5.75 Å². The van der Waals surface area contributed by atoms with Crippen LogP contribution in [0.15, 0.2) is 24.3 Å². The van der Waals surface area contributed by atoms with E-state index in [0.29, 0.717) is 12.1 Å². The molecule has 0 saturated carbocycles. The number of rotatable bonds is 3. The lowest BCUT2D eigenvalue weighted by Crippen LogP contribution is -2.43. The maximum atomic E-state index is 5.39. The van der Waals surface area contributed by atoms with Gasteiger partial charge in [0.15, 0.2) is 0 Å². The molecule has 0 bridgehead atoms. The monoisotopic (exact) mass is 191 g/mol. The van der Waals surface area contributed by atoms with Gasteiger partial charge in [0, 0.05) is 12.1 Å². The Balaban J connectivity index is 1.99. The van der Waals surface area contributed by atoms with Gasteiger partial charge in [-0.2, -0.15) is 0 Å². The lowest BCUT2D eigenvalue weighted by molar-refractivity contribution is 0.287. The second kappa shape index (κ2) is 4.01. The van der Waals surface area contributed by atoms with Crippen molar-refractivity contribution >= 4 is 0 Å². The topological polar surface area (TPSA) is 21.3 Å². The van der Waals surface area contributed by atoms with Crippen molar-refractivity contribution in [2.24, 2.45) is 0 Å². The summed E-state index contributed by atoms with van der Waals surface area (Å²) in [6, 6.07) is 9.61. The molecule has 76 valence electrons. The molecule has 0 amide bonds. The van der Waals surface area contributed by atoms with Crippen molar-refractivity contribution in [1.29, 1.82) is 0 Å². The van der Waals surface area contributed by atoms with Crippen molar-refractivity contribution in [2.75, 3.05) is 6.61 Å². The second-order valence-electron chi connectivity index (χ2n) is 3.86. The van der Waals surface area contributed by atoms with Crippen molar-refractivity contribution in [3.05, 3.63) is 29.8 Å². The summed E-state index contributed by atoms with van der Waals surface area (Å²) < 4.78 is 5.39. The van der Waals surface area contributed by atoms with Gasteiger partial charge in [0.25, 0.3) is 0 Å². The number of hydrogen-bond acceptors (Lipinski definition) is 2. The molecule has 2 heteroatoms. The Morgan fingerprint density at radius 1 is 1.36 bits per heavy atom. The third-order valence-corrected chi connectivity index (χ3v) is 2.67. The maximum Gasteiger partial charge on any atom is 0.119 e. The van der Waals surface area contributed by atoms with Gasteiger partial charge in [-0.1, -0.05) is 12.1 Å². The maximum absolute atomic E-state index is 5.39. The zero-order valence-corrected chi connectivity index (χ0v) is 8.79. The third kappa shape index (κ3) is 1.90. The quantitative estimate of drug-likeness (QED) is 0.792. The molecule has 14 heavy (non-hydrogen) atoms. The first-order valence-corrected chi connectivity index (χ1v) is 5.28. The molecular formula is C12H17NO. The van der Waals surface area contributed by atoms with Crippen LogP contribution in [0.3, 0.4) is 0 Å². The summed E-state index contributed by atoms with van der Waals surface area (Å²) in [6.07, 6.45) is 1.24. The van der Waals surface area contributed by atoms with E-state index >= 15 is 0 Å². The van der Waals surface area contributed by atoms with E-state index in [9.17, 15) is 0 Å². The molecule has 1 aliphatic heterocycles. The van der Waals surface area contributed by atoms with Gasteiger partial charge in [-0.25, -0.2) is 0 Å². The fourth-order valence-corrected chi connectivity index (χ4v) is 1.87. The van der Waals surface area contributed by atoms with Crippen molar-refractivity contribution in [2.45, 2.75) is 32.4 Å². The van der Waals surface area contributed by atoms with E-state index < -0.39 is 0 Å². The summed E-state index contributed by atoms with van der Waals surface area (Å²) in [5, 5.41) is 3.47. The number of nitrogens with one attached hydrogen (secondary N) is 1. The largest absolute Gasteiger partial charge is 0.494 e. The van der Waals surface area contributed by atoms with Crippen LogP contribution in [0.25, 0.3) is 0 Å². The van der Waals surface area contributed by atoms with E-state index in [1.807, 2.05) is 19.1 Å². The lowest BCUT2D eigenvalue weighted by atomic mass is 9.92. The summed E-state index contributed by atoms with van der Waals surface area (Å²) in [5.41, 5.74) is 1.37. The highest BCUT2D eigenvalue weighted by Crippen LogP contribution is 2.28. The molecule has 2 atom stereocenters. The first-order chi connectivity index (χ1) is 6.79. The average molecular weight is 191 g/mol. The smallest absolute Gasteiger partial charge is 0.119 e. The fraction of sp³-hybridized carbons (Fsp3) is 0.500. The normalized spacial score (nSPS) is 25.6. The zero-order chi connectivity index (χ0) is 9.97. The highest BCUT2D eigenvalue weighted by Gasteiger charge is 2.25. The number of benzene rings is 1. The van der Waals surface area contributed by atoms with E-state index in [0.717, 1.165) is 12.4 Å². The Hall–Kier alpha value is -1.02. The Morgan fingerprint density at radius 2 is 2.00 bits per heavy atom. The number of ether oxygens (including phenoxy) is 1. The SMILES string of the molecule is CCOc1ccc(C2CC(C)N2)cc1. The van der Waals surface area contributed by atoms with Crippen molar-refractivity contribution in [3.8, 4) is 5.75 Å². The van der Waals surface area contributed by atoms with Crippen LogP contribution in [0.5, 0.6) is 5.75 Å². The molecular weight excluding hydrogens is 174 g/mol. The van der Waals surface area contributed by atoms with Gasteiger partial charge in [-0.05, 0) is 38.0 Å². The first-order valence-electron chi connectivity index (χ1n) is 5.28. The van der Waals surface area contributed by atoms with Gasteiger partial charge in [0.2, 0.25) is 0 Å². The van der Waals surface area contributed by atoms with Gasteiger partial charge >= 0.3 is 0 Å². The molecule has 1 saturated heterocycles. The minimum Gasteiger partial charge on any atom is -0.494 e. The van der Waals surface area contributed by atoms with Crippen LogP contribution in [0, 0.1) is 0 Å². The highest BCUT2D eigenvalue weighted by molar-refractivity contribution is 5.30. The van der Waals surface area contributed by atoms with Gasteiger partial charge in [0.05, 0.1) is 6.61 Å². The van der Waals surface area contributed by atoms with E-state index in [4.69, 9.17) is 4.74 Å². The van der Waals surface area contributed by atoms with Gasteiger partial charge in [-0.3, -0.25) is 0 Å². The van der Waals surface area contributed by atoms with Gasteiger partial charge in [-0.15, -0.1) is 0 Å². The Bertz CT molecular complexity index is 288. The first kappa shape index (κ1) is 9.53. The summed E-state index contributed by atoms with van der Waals surface area (Å²) >= 11 is 0. The van der Waals surface area contributed by atoms with Crippen molar-refractivity contribution in [1.82, 2.24) is 5.32 Å². The zero-order valence-electron chi connectivity index (χ0n) is 8.79. The van der Waals surface area contributed by atoms with E-state index in [2.05, 4.69) is 24.4 Å². The minimum absolute atomic E-state index is 0.556. The minimum atomic E-state index is 0.556. The van der Waals surface area contributed by atoms with Crippen LogP contribution in [-0.2, 0) is 0 Å². The molecule has 2 rings (SSSR count). The molecule has 0 spiro atoms. The molecule has 0 aliphatic carbocycles. The molecule has 1 heterocycles. The molecule has 1 aromatic rings. The van der Waals surface area contributed by atoms with Crippen LogP contribution < -0.4 is 10.1 Å². The summed E-state index contributed by atoms with van der Waals surface area (Å²) in [4.78, 5) is 0. The Morgan fingerprint density at radius 3 is 2.50 bits per heavy atom. The third-order valence-electron chi connectivity index (χ3n) is 2.67. The predicted octanol–water partition coefficient (Wildman–Crippen LogP) is 2.51. The summed E-state index contributed by atoms with van der Waals surface area (Å²) in [5.74, 6) is 0.962. The van der Waals surface area contributed by atoms with Crippen LogP contribution in [0.2, 0.25) is 0 Å². The standard InChI is InChI=1S/C12H17NO/c1-3-14-11-6-4-10(5-7-11)12-8-9(2)13-12/h4-7,9,12-13H,3,8H2,1-2H3. The summed E-state index contributed by atoms with van der Waals surface area (Å²) in [7, 11) is 0. The molecule has 2 nitrogen and oxygen atoms in total. The highest BCUT2D eigenvalue weighted by atomic mass is 16.5. The fourth-order valence-electron chi connectivity index (χ4n) is 1.87. The summed E-state index contributed by atoms with van der Waals surface area (Å²) in [6.45, 7) is 4.95. The van der Waals surface area contributed by atoms with Crippen LogP contribution in [-0.4, -0.2) is 12.6 Å². The van der Waals surface area contributed by atoms with Crippen molar-refractivity contribution in [3.63, 3.8) is 0 Å². The number of hydrogen-bond donors (Lipinski definition) is 1. The Kier molecular flexibility index (Phi) is 2.73.